The Balaban J connectivity index is 1.82. The molecular formula is C16H22ClFO. The third kappa shape index (κ3) is 4.47. The van der Waals surface area contributed by atoms with Crippen LogP contribution in [0.4, 0.5) is 4.39 Å². The molecule has 1 unspecified atom stereocenters. The molecule has 0 spiro atoms. The molecule has 106 valence electrons. The summed E-state index contributed by atoms with van der Waals surface area (Å²) in [6.07, 6.45) is 8.18. The van der Waals surface area contributed by atoms with Gasteiger partial charge in [-0.05, 0) is 30.9 Å². The quantitative estimate of drug-likeness (QED) is 0.828. The highest BCUT2D eigenvalue weighted by atomic mass is 35.5. The van der Waals surface area contributed by atoms with Gasteiger partial charge in [-0.2, -0.15) is 0 Å². The Morgan fingerprint density at radius 2 is 2.00 bits per heavy atom. The summed E-state index contributed by atoms with van der Waals surface area (Å²) in [5.41, 5.74) is 0.445. The predicted octanol–water partition coefficient (Wildman–Crippen LogP) is 4.74. The van der Waals surface area contributed by atoms with Crippen molar-refractivity contribution in [2.75, 3.05) is 0 Å². The van der Waals surface area contributed by atoms with Crippen LogP contribution in [0.15, 0.2) is 18.2 Å². The summed E-state index contributed by atoms with van der Waals surface area (Å²) in [6, 6.07) is 4.67. The monoisotopic (exact) mass is 284 g/mol. The molecule has 19 heavy (non-hydrogen) atoms. The van der Waals surface area contributed by atoms with E-state index in [-0.39, 0.29) is 5.82 Å². The van der Waals surface area contributed by atoms with Crippen molar-refractivity contribution in [1.82, 2.24) is 0 Å². The Morgan fingerprint density at radius 1 is 1.26 bits per heavy atom. The molecule has 1 aromatic rings. The van der Waals surface area contributed by atoms with E-state index in [2.05, 4.69) is 0 Å². The zero-order valence-corrected chi connectivity index (χ0v) is 12.0. The second kappa shape index (κ2) is 7.25. The number of hydrogen-bond acceptors (Lipinski definition) is 1. The van der Waals surface area contributed by atoms with E-state index in [1.165, 1.54) is 38.2 Å². The van der Waals surface area contributed by atoms with Crippen LogP contribution in [-0.2, 0) is 6.42 Å². The number of benzene rings is 1. The van der Waals surface area contributed by atoms with Crippen LogP contribution in [0.1, 0.15) is 50.5 Å². The number of aliphatic hydroxyl groups is 1. The number of rotatable bonds is 5. The van der Waals surface area contributed by atoms with Gasteiger partial charge in [0.15, 0.2) is 0 Å². The summed E-state index contributed by atoms with van der Waals surface area (Å²) in [7, 11) is 0. The van der Waals surface area contributed by atoms with Crippen molar-refractivity contribution >= 4 is 11.6 Å². The molecule has 1 aromatic carbocycles. The van der Waals surface area contributed by atoms with Crippen LogP contribution in [0.25, 0.3) is 0 Å². The van der Waals surface area contributed by atoms with Crippen molar-refractivity contribution in [1.29, 1.82) is 0 Å². The number of aliphatic hydroxyl groups excluding tert-OH is 1. The molecular weight excluding hydrogens is 263 g/mol. The van der Waals surface area contributed by atoms with Gasteiger partial charge in [0.1, 0.15) is 5.82 Å². The first-order chi connectivity index (χ1) is 9.16. The Kier molecular flexibility index (Phi) is 5.65. The van der Waals surface area contributed by atoms with E-state index in [1.54, 1.807) is 12.1 Å². The average Bonchev–Trinajstić information content (AvgIpc) is 2.42. The second-order valence-corrected chi connectivity index (χ2v) is 6.05. The average molecular weight is 285 g/mol. The van der Waals surface area contributed by atoms with E-state index in [0.29, 0.717) is 17.0 Å². The van der Waals surface area contributed by atoms with Crippen LogP contribution in [0, 0.1) is 11.7 Å². The van der Waals surface area contributed by atoms with Gasteiger partial charge in [-0.25, -0.2) is 4.39 Å². The molecule has 0 aliphatic heterocycles. The van der Waals surface area contributed by atoms with Crippen molar-refractivity contribution in [3.05, 3.63) is 34.6 Å². The maximum Gasteiger partial charge on any atom is 0.127 e. The van der Waals surface area contributed by atoms with Crippen LogP contribution in [0.5, 0.6) is 0 Å². The lowest BCUT2D eigenvalue weighted by atomic mass is 9.85. The standard InChI is InChI=1S/C16H22ClFO/c17-15-7-4-8-16(18)14(15)11-13(19)10-9-12-5-2-1-3-6-12/h4,7-8,12-13,19H,1-3,5-6,9-11H2. The fourth-order valence-electron chi connectivity index (χ4n) is 2.97. The van der Waals surface area contributed by atoms with Crippen molar-refractivity contribution in [3.8, 4) is 0 Å². The van der Waals surface area contributed by atoms with Crippen molar-refractivity contribution in [2.45, 2.75) is 57.5 Å². The molecule has 0 amide bonds. The van der Waals surface area contributed by atoms with Crippen LogP contribution >= 0.6 is 11.6 Å². The van der Waals surface area contributed by atoms with Gasteiger partial charge in [0.2, 0.25) is 0 Å². The molecule has 3 heteroatoms. The van der Waals surface area contributed by atoms with E-state index >= 15 is 0 Å². The summed E-state index contributed by atoms with van der Waals surface area (Å²) < 4.78 is 13.6. The van der Waals surface area contributed by atoms with Gasteiger partial charge >= 0.3 is 0 Å². The van der Waals surface area contributed by atoms with Crippen molar-refractivity contribution in [2.24, 2.45) is 5.92 Å². The minimum absolute atomic E-state index is 0.316. The number of halogens is 2. The van der Waals surface area contributed by atoms with Crippen LogP contribution < -0.4 is 0 Å². The van der Waals surface area contributed by atoms with Gasteiger partial charge in [-0.1, -0.05) is 49.8 Å². The molecule has 1 saturated carbocycles. The van der Waals surface area contributed by atoms with E-state index in [4.69, 9.17) is 11.6 Å². The fourth-order valence-corrected chi connectivity index (χ4v) is 3.21. The van der Waals surface area contributed by atoms with Gasteiger partial charge in [0.05, 0.1) is 6.10 Å². The molecule has 0 heterocycles. The zero-order chi connectivity index (χ0) is 13.7. The summed E-state index contributed by atoms with van der Waals surface area (Å²) in [4.78, 5) is 0. The molecule has 1 aliphatic carbocycles. The zero-order valence-electron chi connectivity index (χ0n) is 11.2. The van der Waals surface area contributed by atoms with Crippen LogP contribution in [0.3, 0.4) is 0 Å². The van der Waals surface area contributed by atoms with Crippen LogP contribution in [0.2, 0.25) is 5.02 Å². The fraction of sp³-hybridized carbons (Fsp3) is 0.625. The molecule has 1 N–H and O–H groups in total. The van der Waals surface area contributed by atoms with Gasteiger partial charge in [-0.3, -0.25) is 0 Å². The highest BCUT2D eigenvalue weighted by Crippen LogP contribution is 2.28. The summed E-state index contributed by atoms with van der Waals surface area (Å²) >= 11 is 5.97. The molecule has 0 aromatic heterocycles. The lowest BCUT2D eigenvalue weighted by Gasteiger charge is -2.22. The molecule has 0 saturated heterocycles. The first kappa shape index (κ1) is 14.8. The van der Waals surface area contributed by atoms with E-state index in [0.717, 1.165) is 18.8 Å². The molecule has 2 rings (SSSR count). The molecule has 1 nitrogen and oxygen atoms in total. The van der Waals surface area contributed by atoms with Crippen molar-refractivity contribution in [3.63, 3.8) is 0 Å². The van der Waals surface area contributed by atoms with E-state index in [9.17, 15) is 9.50 Å². The summed E-state index contributed by atoms with van der Waals surface area (Å²) in [5, 5.41) is 10.5. The van der Waals surface area contributed by atoms with E-state index in [1.807, 2.05) is 0 Å². The highest BCUT2D eigenvalue weighted by Gasteiger charge is 2.17. The molecule has 1 atom stereocenters. The summed E-state index contributed by atoms with van der Waals surface area (Å²) in [5.74, 6) is 0.434. The third-order valence-electron chi connectivity index (χ3n) is 4.13. The normalized spacial score (nSPS) is 18.5. The minimum atomic E-state index is -0.490. The maximum atomic E-state index is 13.6. The van der Waals surface area contributed by atoms with Crippen LogP contribution in [-0.4, -0.2) is 11.2 Å². The van der Waals surface area contributed by atoms with Gasteiger partial charge in [0, 0.05) is 17.0 Å². The third-order valence-corrected chi connectivity index (χ3v) is 4.49. The first-order valence-electron chi connectivity index (χ1n) is 7.27. The highest BCUT2D eigenvalue weighted by molar-refractivity contribution is 6.31. The van der Waals surface area contributed by atoms with Gasteiger partial charge in [0.25, 0.3) is 0 Å². The molecule has 1 aliphatic rings. The Morgan fingerprint density at radius 3 is 2.68 bits per heavy atom. The number of hydrogen-bond donors (Lipinski definition) is 1. The van der Waals surface area contributed by atoms with E-state index < -0.39 is 6.10 Å². The minimum Gasteiger partial charge on any atom is -0.393 e. The predicted molar refractivity (Wildman–Crippen MR) is 76.9 cm³/mol. The molecule has 0 radical (unpaired) electrons. The Bertz CT molecular complexity index is 381. The largest absolute Gasteiger partial charge is 0.393 e. The molecule has 0 bridgehead atoms. The SMILES string of the molecule is OC(CCC1CCCCC1)Cc1c(F)cccc1Cl. The first-order valence-corrected chi connectivity index (χ1v) is 7.65. The second-order valence-electron chi connectivity index (χ2n) is 5.64. The van der Waals surface area contributed by atoms with Gasteiger partial charge < -0.3 is 5.11 Å². The maximum absolute atomic E-state index is 13.6. The van der Waals surface area contributed by atoms with Crippen molar-refractivity contribution < 1.29 is 9.50 Å². The lowest BCUT2D eigenvalue weighted by Crippen LogP contribution is -2.15. The Labute approximate surface area is 119 Å². The lowest BCUT2D eigenvalue weighted by molar-refractivity contribution is 0.148. The van der Waals surface area contributed by atoms with Gasteiger partial charge in [-0.15, -0.1) is 0 Å². The smallest absolute Gasteiger partial charge is 0.127 e. The Hall–Kier alpha value is -0.600. The summed E-state index contributed by atoms with van der Waals surface area (Å²) in [6.45, 7) is 0. The topological polar surface area (TPSA) is 20.2 Å². The molecule has 1 fully saturated rings.